The van der Waals surface area contributed by atoms with E-state index in [0.717, 1.165) is 0 Å². The van der Waals surface area contributed by atoms with Crippen molar-refractivity contribution >= 4 is 18.3 Å². The Kier molecular flexibility index (Phi) is 6.84. The van der Waals surface area contributed by atoms with Crippen molar-refractivity contribution in [3.8, 4) is 0 Å². The molecule has 1 aliphatic heterocycles. The molecule has 1 aliphatic rings. The minimum Gasteiger partial charge on any atom is -0.377 e. The van der Waals surface area contributed by atoms with Crippen LogP contribution in [0.25, 0.3) is 0 Å². The molecule has 1 heterocycles. The largest absolute Gasteiger partial charge is 0.377 e. The second-order valence-electron chi connectivity index (χ2n) is 3.42. The minimum absolute atomic E-state index is 0. The molecule has 2 N–H and O–H groups in total. The van der Waals surface area contributed by atoms with Crippen LogP contribution in [0.5, 0.6) is 0 Å². The fourth-order valence-electron chi connectivity index (χ4n) is 1.54. The van der Waals surface area contributed by atoms with Crippen molar-refractivity contribution in [3.63, 3.8) is 0 Å². The summed E-state index contributed by atoms with van der Waals surface area (Å²) in [6, 6.07) is 0.112. The lowest BCUT2D eigenvalue weighted by molar-refractivity contribution is -0.149. The van der Waals surface area contributed by atoms with Gasteiger partial charge in [-0.1, -0.05) is 0 Å². The van der Waals surface area contributed by atoms with Crippen LogP contribution < -0.4 is 5.73 Å². The molecule has 5 nitrogen and oxygen atoms in total. The first-order valence-corrected chi connectivity index (χ1v) is 4.81. The molecule has 0 aliphatic carbocycles. The number of halogens is 1. The molecule has 0 saturated carbocycles. The monoisotopic (exact) mass is 238 g/mol. The lowest BCUT2D eigenvalue weighted by atomic mass is 10.2. The van der Waals surface area contributed by atoms with E-state index in [9.17, 15) is 4.79 Å². The molecule has 0 spiro atoms. The maximum absolute atomic E-state index is 11.8. The normalized spacial score (nSPS) is 23.1. The maximum Gasteiger partial charge on any atom is 0.253 e. The Labute approximate surface area is 96.3 Å². The predicted molar refractivity (Wildman–Crippen MR) is 59.1 cm³/mol. The van der Waals surface area contributed by atoms with Crippen LogP contribution in [0.15, 0.2) is 0 Å². The number of nitrogens with two attached hydrogens (primary N) is 1. The van der Waals surface area contributed by atoms with Gasteiger partial charge in [-0.15, -0.1) is 12.4 Å². The van der Waals surface area contributed by atoms with Gasteiger partial charge in [0, 0.05) is 20.2 Å². The molecule has 90 valence electrons. The van der Waals surface area contributed by atoms with Gasteiger partial charge in [0.2, 0.25) is 0 Å². The minimum atomic E-state index is -0.518. The number of carbonyl (C=O) groups excluding carboxylic acids is 1. The SMILES string of the molecule is COC(CN)C(=O)N1CCOCC1C.Cl. The van der Waals surface area contributed by atoms with Gasteiger partial charge in [0.15, 0.2) is 0 Å². The topological polar surface area (TPSA) is 64.8 Å². The second kappa shape index (κ2) is 7.00. The predicted octanol–water partition coefficient (Wildman–Crippen LogP) is -0.371. The molecule has 6 heteroatoms. The molecule has 1 saturated heterocycles. The zero-order valence-corrected chi connectivity index (χ0v) is 9.96. The van der Waals surface area contributed by atoms with Crippen LogP contribution in [0.2, 0.25) is 0 Å². The zero-order valence-electron chi connectivity index (χ0n) is 9.14. The highest BCUT2D eigenvalue weighted by molar-refractivity contribution is 5.85. The summed E-state index contributed by atoms with van der Waals surface area (Å²) in [5, 5.41) is 0. The number of amides is 1. The number of carbonyl (C=O) groups is 1. The van der Waals surface area contributed by atoms with Crippen LogP contribution in [0.3, 0.4) is 0 Å². The highest BCUT2D eigenvalue weighted by Gasteiger charge is 2.28. The van der Waals surface area contributed by atoms with E-state index in [0.29, 0.717) is 19.8 Å². The first kappa shape index (κ1) is 14.6. The molecule has 1 fully saturated rings. The Morgan fingerprint density at radius 1 is 1.73 bits per heavy atom. The Morgan fingerprint density at radius 2 is 2.40 bits per heavy atom. The lowest BCUT2D eigenvalue weighted by Crippen LogP contribution is -2.52. The second-order valence-corrected chi connectivity index (χ2v) is 3.42. The molecule has 0 aromatic carbocycles. The van der Waals surface area contributed by atoms with Gasteiger partial charge >= 0.3 is 0 Å². The van der Waals surface area contributed by atoms with E-state index in [2.05, 4.69) is 0 Å². The first-order chi connectivity index (χ1) is 6.70. The summed E-state index contributed by atoms with van der Waals surface area (Å²) >= 11 is 0. The molecule has 2 unspecified atom stereocenters. The van der Waals surface area contributed by atoms with Crippen molar-refractivity contribution in [3.05, 3.63) is 0 Å². The van der Waals surface area contributed by atoms with E-state index in [-0.39, 0.29) is 30.9 Å². The van der Waals surface area contributed by atoms with Gasteiger partial charge in [-0.25, -0.2) is 0 Å². The summed E-state index contributed by atoms with van der Waals surface area (Å²) in [4.78, 5) is 13.6. The van der Waals surface area contributed by atoms with Crippen LogP contribution in [0.1, 0.15) is 6.92 Å². The van der Waals surface area contributed by atoms with Crippen molar-refractivity contribution in [2.24, 2.45) is 5.73 Å². The number of hydrogen-bond donors (Lipinski definition) is 1. The highest BCUT2D eigenvalue weighted by atomic mass is 35.5. The Bertz CT molecular complexity index is 200. The standard InChI is InChI=1S/C9H18N2O3.ClH/c1-7-6-14-4-3-11(7)9(12)8(5-10)13-2;/h7-8H,3-6,10H2,1-2H3;1H. The van der Waals surface area contributed by atoms with Gasteiger partial charge in [-0.05, 0) is 6.92 Å². The summed E-state index contributed by atoms with van der Waals surface area (Å²) in [6.45, 7) is 3.99. The number of hydrogen-bond acceptors (Lipinski definition) is 4. The molecule has 0 aromatic rings. The van der Waals surface area contributed by atoms with Crippen LogP contribution in [0.4, 0.5) is 0 Å². The van der Waals surface area contributed by atoms with Gasteiger partial charge in [0.1, 0.15) is 6.10 Å². The summed E-state index contributed by atoms with van der Waals surface area (Å²) in [5.74, 6) is -0.0363. The molecule has 1 rings (SSSR count). The summed E-state index contributed by atoms with van der Waals surface area (Å²) < 4.78 is 10.2. The van der Waals surface area contributed by atoms with Gasteiger partial charge < -0.3 is 20.1 Å². The van der Waals surface area contributed by atoms with Crippen molar-refractivity contribution < 1.29 is 14.3 Å². The van der Waals surface area contributed by atoms with Crippen molar-refractivity contribution in [1.82, 2.24) is 4.90 Å². The summed E-state index contributed by atoms with van der Waals surface area (Å²) in [6.07, 6.45) is -0.518. The van der Waals surface area contributed by atoms with E-state index in [1.165, 1.54) is 7.11 Å². The van der Waals surface area contributed by atoms with Gasteiger partial charge in [0.05, 0.1) is 19.3 Å². The third-order valence-corrected chi connectivity index (χ3v) is 2.42. The number of morpholine rings is 1. The number of rotatable bonds is 3. The number of methoxy groups -OCH3 is 1. The fraction of sp³-hybridized carbons (Fsp3) is 0.889. The van der Waals surface area contributed by atoms with Crippen LogP contribution in [0, 0.1) is 0 Å². The van der Waals surface area contributed by atoms with Gasteiger partial charge in [-0.3, -0.25) is 4.79 Å². The van der Waals surface area contributed by atoms with Crippen molar-refractivity contribution in [1.29, 1.82) is 0 Å². The number of nitrogens with zero attached hydrogens (tertiary/aromatic N) is 1. The van der Waals surface area contributed by atoms with E-state index in [1.54, 1.807) is 4.90 Å². The quantitative estimate of drug-likeness (QED) is 0.729. The zero-order chi connectivity index (χ0) is 10.6. The average molecular weight is 239 g/mol. The maximum atomic E-state index is 11.8. The molecule has 1 amide bonds. The molecule has 15 heavy (non-hydrogen) atoms. The molecule has 0 radical (unpaired) electrons. The first-order valence-electron chi connectivity index (χ1n) is 4.81. The van der Waals surface area contributed by atoms with E-state index in [4.69, 9.17) is 15.2 Å². The number of ether oxygens (including phenoxy) is 2. The lowest BCUT2D eigenvalue weighted by Gasteiger charge is -2.35. The van der Waals surface area contributed by atoms with Gasteiger partial charge in [-0.2, -0.15) is 0 Å². The molecule has 0 aromatic heterocycles. The Morgan fingerprint density at radius 3 is 2.87 bits per heavy atom. The van der Waals surface area contributed by atoms with Crippen LogP contribution in [-0.4, -0.2) is 56.4 Å². The molecule has 0 bridgehead atoms. The molecular formula is C9H19ClN2O3. The smallest absolute Gasteiger partial charge is 0.253 e. The third-order valence-electron chi connectivity index (χ3n) is 2.42. The van der Waals surface area contributed by atoms with Crippen LogP contribution >= 0.6 is 12.4 Å². The van der Waals surface area contributed by atoms with Crippen molar-refractivity contribution in [2.75, 3.05) is 33.4 Å². The van der Waals surface area contributed by atoms with E-state index in [1.807, 2.05) is 6.92 Å². The van der Waals surface area contributed by atoms with Crippen LogP contribution in [-0.2, 0) is 14.3 Å². The fourth-order valence-corrected chi connectivity index (χ4v) is 1.54. The Hall–Kier alpha value is -0.360. The highest BCUT2D eigenvalue weighted by Crippen LogP contribution is 2.08. The van der Waals surface area contributed by atoms with E-state index >= 15 is 0 Å². The molecule has 2 atom stereocenters. The van der Waals surface area contributed by atoms with E-state index < -0.39 is 6.10 Å². The molecular weight excluding hydrogens is 220 g/mol. The van der Waals surface area contributed by atoms with Crippen molar-refractivity contribution in [2.45, 2.75) is 19.1 Å². The third kappa shape index (κ3) is 3.61. The average Bonchev–Trinajstić information content (AvgIpc) is 2.20. The Balaban J connectivity index is 0.00000196. The summed E-state index contributed by atoms with van der Waals surface area (Å²) in [5.41, 5.74) is 5.43. The summed E-state index contributed by atoms with van der Waals surface area (Å²) in [7, 11) is 1.50. The van der Waals surface area contributed by atoms with Gasteiger partial charge in [0.25, 0.3) is 5.91 Å².